The molecule has 130 valence electrons. The van der Waals surface area contributed by atoms with Crippen molar-refractivity contribution >= 4 is 32.5 Å². The summed E-state index contributed by atoms with van der Waals surface area (Å²) in [6.07, 6.45) is 0.793. The minimum absolute atomic E-state index is 0.415. The van der Waals surface area contributed by atoms with Gasteiger partial charge in [0.15, 0.2) is 5.13 Å². The molecule has 0 saturated heterocycles. The van der Waals surface area contributed by atoms with Gasteiger partial charge in [-0.2, -0.15) is 9.37 Å². The predicted molar refractivity (Wildman–Crippen MR) is 104 cm³/mol. The standard InChI is InChI=1S/C20H17FN4S/c1-2-13-8-9-16-17(11-13)26-20(23-16)25-18-12-15(22-19(21)24-18)10-14-6-4-3-5-7-14/h3-9,11-12H,2,10H2,1H3,(H,22,23,24,25). The Hall–Kier alpha value is -2.86. The largest absolute Gasteiger partial charge is 0.316 e. The number of hydrogen-bond donors (Lipinski definition) is 1. The molecule has 0 atom stereocenters. The van der Waals surface area contributed by atoms with Crippen LogP contribution < -0.4 is 5.32 Å². The average molecular weight is 364 g/mol. The zero-order chi connectivity index (χ0) is 17.9. The fourth-order valence-corrected chi connectivity index (χ4v) is 3.71. The van der Waals surface area contributed by atoms with Crippen molar-refractivity contribution in [3.8, 4) is 0 Å². The molecule has 1 N–H and O–H groups in total. The molecule has 0 aliphatic heterocycles. The first-order valence-corrected chi connectivity index (χ1v) is 9.25. The molecule has 4 rings (SSSR count). The van der Waals surface area contributed by atoms with E-state index in [1.54, 1.807) is 6.07 Å². The first-order chi connectivity index (χ1) is 12.7. The van der Waals surface area contributed by atoms with Crippen molar-refractivity contribution in [1.82, 2.24) is 15.0 Å². The SMILES string of the molecule is CCc1ccc2nc(Nc3cc(Cc4ccccc4)nc(F)n3)sc2c1. The molecule has 0 fully saturated rings. The van der Waals surface area contributed by atoms with Crippen LogP contribution in [0.2, 0.25) is 0 Å². The predicted octanol–water partition coefficient (Wildman–Crippen LogP) is 5.12. The minimum Gasteiger partial charge on any atom is -0.316 e. The van der Waals surface area contributed by atoms with E-state index >= 15 is 0 Å². The molecule has 4 aromatic rings. The Labute approximate surface area is 154 Å². The molecule has 0 radical (unpaired) electrons. The molecule has 0 aliphatic rings. The highest BCUT2D eigenvalue weighted by Gasteiger charge is 2.09. The second kappa shape index (κ2) is 7.17. The maximum absolute atomic E-state index is 13.9. The van der Waals surface area contributed by atoms with E-state index in [0.29, 0.717) is 23.1 Å². The van der Waals surface area contributed by atoms with Crippen LogP contribution in [-0.2, 0) is 12.8 Å². The van der Waals surface area contributed by atoms with E-state index in [-0.39, 0.29) is 0 Å². The topological polar surface area (TPSA) is 50.7 Å². The quantitative estimate of drug-likeness (QED) is 0.499. The third-order valence-corrected chi connectivity index (χ3v) is 5.01. The number of rotatable bonds is 5. The zero-order valence-electron chi connectivity index (χ0n) is 14.2. The van der Waals surface area contributed by atoms with Gasteiger partial charge in [-0.15, -0.1) is 0 Å². The van der Waals surface area contributed by atoms with E-state index in [1.807, 2.05) is 36.4 Å². The van der Waals surface area contributed by atoms with Gasteiger partial charge in [-0.3, -0.25) is 0 Å². The van der Waals surface area contributed by atoms with Gasteiger partial charge in [-0.05, 0) is 29.7 Å². The summed E-state index contributed by atoms with van der Waals surface area (Å²) in [5.41, 5.74) is 3.89. The molecule has 0 amide bonds. The number of fused-ring (bicyclic) bond motifs is 1. The van der Waals surface area contributed by atoms with Gasteiger partial charge >= 0.3 is 6.08 Å². The molecule has 2 aromatic carbocycles. The van der Waals surface area contributed by atoms with Crippen molar-refractivity contribution in [3.63, 3.8) is 0 Å². The molecule has 4 nitrogen and oxygen atoms in total. The van der Waals surface area contributed by atoms with Gasteiger partial charge in [-0.25, -0.2) is 9.97 Å². The van der Waals surface area contributed by atoms with Gasteiger partial charge in [0.05, 0.1) is 15.9 Å². The van der Waals surface area contributed by atoms with Gasteiger partial charge in [0, 0.05) is 12.5 Å². The Morgan fingerprint density at radius 3 is 2.62 bits per heavy atom. The average Bonchev–Trinajstić information content (AvgIpc) is 3.03. The monoisotopic (exact) mass is 364 g/mol. The molecule has 26 heavy (non-hydrogen) atoms. The first-order valence-electron chi connectivity index (χ1n) is 8.43. The minimum atomic E-state index is -0.740. The molecule has 2 heterocycles. The van der Waals surface area contributed by atoms with Crippen LogP contribution >= 0.6 is 11.3 Å². The fourth-order valence-electron chi connectivity index (χ4n) is 2.78. The summed E-state index contributed by atoms with van der Waals surface area (Å²) in [4.78, 5) is 12.3. The summed E-state index contributed by atoms with van der Waals surface area (Å²) >= 11 is 1.53. The first kappa shape index (κ1) is 16.6. The summed E-state index contributed by atoms with van der Waals surface area (Å²) in [5, 5.41) is 3.81. The Kier molecular flexibility index (Phi) is 4.58. The van der Waals surface area contributed by atoms with Crippen LogP contribution in [-0.4, -0.2) is 15.0 Å². The second-order valence-electron chi connectivity index (χ2n) is 5.98. The van der Waals surface area contributed by atoms with Crippen LogP contribution in [0, 0.1) is 6.08 Å². The number of anilines is 2. The highest BCUT2D eigenvalue weighted by Crippen LogP contribution is 2.29. The zero-order valence-corrected chi connectivity index (χ0v) is 15.1. The van der Waals surface area contributed by atoms with Crippen molar-refractivity contribution in [1.29, 1.82) is 0 Å². The molecule has 0 unspecified atom stereocenters. The van der Waals surface area contributed by atoms with E-state index in [1.165, 1.54) is 16.9 Å². The summed E-state index contributed by atoms with van der Waals surface area (Å²) < 4.78 is 15.0. The highest BCUT2D eigenvalue weighted by atomic mass is 32.1. The summed E-state index contributed by atoms with van der Waals surface area (Å²) in [6.45, 7) is 2.12. The molecule has 0 aliphatic carbocycles. The molecule has 2 aromatic heterocycles. The van der Waals surface area contributed by atoms with Crippen LogP contribution in [0.3, 0.4) is 0 Å². The Morgan fingerprint density at radius 2 is 1.81 bits per heavy atom. The number of benzene rings is 2. The Balaban J connectivity index is 1.59. The van der Waals surface area contributed by atoms with Crippen LogP contribution in [0.15, 0.2) is 54.6 Å². The number of nitrogens with zero attached hydrogens (tertiary/aromatic N) is 3. The Bertz CT molecular complexity index is 1050. The van der Waals surface area contributed by atoms with Crippen molar-refractivity contribution < 1.29 is 4.39 Å². The molecular formula is C20H17FN4S. The van der Waals surface area contributed by atoms with Crippen molar-refractivity contribution in [2.45, 2.75) is 19.8 Å². The molecule has 0 spiro atoms. The van der Waals surface area contributed by atoms with E-state index < -0.39 is 6.08 Å². The highest BCUT2D eigenvalue weighted by molar-refractivity contribution is 7.22. The number of aryl methyl sites for hydroxylation is 1. The van der Waals surface area contributed by atoms with Crippen LogP contribution in [0.4, 0.5) is 15.3 Å². The maximum Gasteiger partial charge on any atom is 0.310 e. The smallest absolute Gasteiger partial charge is 0.310 e. The lowest BCUT2D eigenvalue weighted by Gasteiger charge is -2.05. The number of hydrogen-bond acceptors (Lipinski definition) is 5. The van der Waals surface area contributed by atoms with Crippen LogP contribution in [0.1, 0.15) is 23.7 Å². The maximum atomic E-state index is 13.9. The van der Waals surface area contributed by atoms with Crippen molar-refractivity contribution in [2.75, 3.05) is 5.32 Å². The van der Waals surface area contributed by atoms with Crippen LogP contribution in [0.5, 0.6) is 0 Å². The van der Waals surface area contributed by atoms with E-state index in [4.69, 9.17) is 0 Å². The fraction of sp³-hybridized carbons (Fsp3) is 0.150. The van der Waals surface area contributed by atoms with E-state index in [0.717, 1.165) is 22.2 Å². The van der Waals surface area contributed by atoms with Gasteiger partial charge in [-0.1, -0.05) is 54.7 Å². The van der Waals surface area contributed by atoms with Gasteiger partial charge < -0.3 is 5.32 Å². The van der Waals surface area contributed by atoms with Gasteiger partial charge in [0.25, 0.3) is 0 Å². The van der Waals surface area contributed by atoms with Crippen molar-refractivity contribution in [3.05, 3.63) is 77.5 Å². The number of thiazole rings is 1. The summed E-state index contributed by atoms with van der Waals surface area (Å²) in [5.74, 6) is 0.415. The van der Waals surface area contributed by atoms with Crippen molar-refractivity contribution in [2.24, 2.45) is 0 Å². The summed E-state index contributed by atoms with van der Waals surface area (Å²) in [6, 6.07) is 17.8. The van der Waals surface area contributed by atoms with E-state index in [2.05, 4.69) is 39.3 Å². The van der Waals surface area contributed by atoms with Crippen LogP contribution in [0.25, 0.3) is 10.2 Å². The van der Waals surface area contributed by atoms with E-state index in [9.17, 15) is 4.39 Å². The number of aromatic nitrogens is 3. The third kappa shape index (κ3) is 3.70. The lowest BCUT2D eigenvalue weighted by molar-refractivity contribution is 0.535. The second-order valence-corrected chi connectivity index (χ2v) is 7.01. The number of halogens is 1. The Morgan fingerprint density at radius 1 is 0.962 bits per heavy atom. The lowest BCUT2D eigenvalue weighted by atomic mass is 10.1. The number of nitrogens with one attached hydrogen (secondary N) is 1. The molecule has 0 bridgehead atoms. The summed E-state index contributed by atoms with van der Waals surface area (Å²) in [7, 11) is 0. The molecular weight excluding hydrogens is 347 g/mol. The van der Waals surface area contributed by atoms with Gasteiger partial charge in [0.2, 0.25) is 0 Å². The third-order valence-electron chi connectivity index (χ3n) is 4.08. The molecule has 0 saturated carbocycles. The normalized spacial score (nSPS) is 11.0. The molecule has 6 heteroatoms. The lowest BCUT2D eigenvalue weighted by Crippen LogP contribution is -2.02. The van der Waals surface area contributed by atoms with Gasteiger partial charge in [0.1, 0.15) is 5.82 Å².